The van der Waals surface area contributed by atoms with E-state index >= 15 is 0 Å². The van der Waals surface area contributed by atoms with Crippen LogP contribution in [-0.2, 0) is 17.9 Å². The molecular weight excluding hydrogens is 310 g/mol. The average Bonchev–Trinajstić information content (AvgIpc) is 3.29. The Hall–Kier alpha value is -3.10. The monoisotopic (exact) mass is 327 g/mol. The minimum absolute atomic E-state index is 0.0420. The van der Waals surface area contributed by atoms with Crippen molar-refractivity contribution in [1.82, 2.24) is 35.0 Å². The van der Waals surface area contributed by atoms with E-state index in [1.165, 1.54) is 6.33 Å². The number of carbonyl (C=O) groups excluding carboxylic acids is 1. The average molecular weight is 327 g/mol. The van der Waals surface area contributed by atoms with Gasteiger partial charge in [-0.3, -0.25) is 0 Å². The molecule has 3 rings (SSSR count). The van der Waals surface area contributed by atoms with E-state index < -0.39 is 5.97 Å². The van der Waals surface area contributed by atoms with Crippen LogP contribution in [0.25, 0.3) is 5.69 Å². The van der Waals surface area contributed by atoms with E-state index in [1.807, 2.05) is 0 Å². The van der Waals surface area contributed by atoms with Crippen LogP contribution in [0, 0.1) is 0 Å². The Morgan fingerprint density at radius 2 is 2.08 bits per heavy atom. The molecule has 0 amide bonds. The van der Waals surface area contributed by atoms with Crippen LogP contribution in [0.2, 0.25) is 0 Å². The molecule has 0 fully saturated rings. The molecular formula is C15H17N7O2. The molecule has 1 aromatic carbocycles. The molecule has 0 unspecified atom stereocenters. The van der Waals surface area contributed by atoms with Crippen LogP contribution < -0.4 is 0 Å². The minimum atomic E-state index is -0.426. The van der Waals surface area contributed by atoms with Crippen LogP contribution in [-0.4, -0.2) is 40.9 Å². The summed E-state index contributed by atoms with van der Waals surface area (Å²) < 4.78 is 8.55. The molecule has 24 heavy (non-hydrogen) atoms. The zero-order valence-corrected chi connectivity index (χ0v) is 13.2. The molecule has 3 aromatic rings. The number of aromatic nitrogens is 7. The van der Waals surface area contributed by atoms with Gasteiger partial charge in [0.25, 0.3) is 0 Å². The van der Waals surface area contributed by atoms with Crippen molar-refractivity contribution in [3.8, 4) is 5.69 Å². The topological polar surface area (TPSA) is 101 Å². The molecule has 0 spiro atoms. The summed E-state index contributed by atoms with van der Waals surface area (Å²) in [6, 6.07) is 6.91. The Morgan fingerprint density at radius 3 is 2.79 bits per heavy atom. The fraction of sp³-hybridized carbons (Fsp3) is 0.333. The number of benzene rings is 1. The fourth-order valence-electron chi connectivity index (χ4n) is 2.11. The zero-order valence-electron chi connectivity index (χ0n) is 13.2. The number of nitrogens with zero attached hydrogens (tertiary/aromatic N) is 7. The molecule has 0 N–H and O–H groups in total. The number of aryl methyl sites for hydroxylation is 1. The third-order valence-corrected chi connectivity index (χ3v) is 3.45. The Bertz CT molecular complexity index is 781. The van der Waals surface area contributed by atoms with Gasteiger partial charge < -0.3 is 4.74 Å². The Morgan fingerprint density at radius 1 is 1.25 bits per heavy atom. The van der Waals surface area contributed by atoms with Crippen molar-refractivity contribution in [3.63, 3.8) is 0 Å². The van der Waals surface area contributed by atoms with Gasteiger partial charge in [-0.25, -0.2) is 19.1 Å². The van der Waals surface area contributed by atoms with Gasteiger partial charge in [-0.2, -0.15) is 5.10 Å². The molecule has 0 aliphatic rings. The second-order valence-electron chi connectivity index (χ2n) is 5.13. The van der Waals surface area contributed by atoms with E-state index in [4.69, 9.17) is 4.74 Å². The van der Waals surface area contributed by atoms with E-state index in [0.717, 1.165) is 18.5 Å². The molecule has 0 saturated heterocycles. The molecule has 0 saturated carbocycles. The van der Waals surface area contributed by atoms with E-state index in [9.17, 15) is 4.79 Å². The van der Waals surface area contributed by atoms with Crippen molar-refractivity contribution >= 4 is 5.97 Å². The lowest BCUT2D eigenvalue weighted by molar-refractivity contribution is 0.0456. The number of carbonyl (C=O) groups is 1. The highest BCUT2D eigenvalue weighted by Gasteiger charge is 2.11. The summed E-state index contributed by atoms with van der Waals surface area (Å²) in [6.45, 7) is 2.84. The van der Waals surface area contributed by atoms with Crippen molar-refractivity contribution in [3.05, 3.63) is 48.3 Å². The molecule has 0 aliphatic heterocycles. The Balaban J connectivity index is 1.60. The van der Waals surface area contributed by atoms with Crippen molar-refractivity contribution in [2.45, 2.75) is 32.9 Å². The van der Waals surface area contributed by atoms with Crippen molar-refractivity contribution in [2.75, 3.05) is 0 Å². The van der Waals surface area contributed by atoms with Crippen molar-refractivity contribution in [2.24, 2.45) is 0 Å². The van der Waals surface area contributed by atoms with Crippen LogP contribution in [0.3, 0.4) is 0 Å². The highest BCUT2D eigenvalue weighted by molar-refractivity contribution is 5.89. The number of hydrogen-bond acceptors (Lipinski definition) is 7. The van der Waals surface area contributed by atoms with Crippen LogP contribution in [0.5, 0.6) is 0 Å². The second kappa shape index (κ2) is 7.44. The largest absolute Gasteiger partial charge is 0.454 e. The Labute approximate surface area is 138 Å². The number of rotatable bonds is 7. The summed E-state index contributed by atoms with van der Waals surface area (Å²) >= 11 is 0. The first-order chi connectivity index (χ1) is 11.8. The summed E-state index contributed by atoms with van der Waals surface area (Å²) in [6.07, 6.45) is 5.04. The predicted molar refractivity (Wildman–Crippen MR) is 83.2 cm³/mol. The van der Waals surface area contributed by atoms with Gasteiger partial charge in [-0.15, -0.1) is 5.10 Å². The van der Waals surface area contributed by atoms with E-state index in [0.29, 0.717) is 17.9 Å². The summed E-state index contributed by atoms with van der Waals surface area (Å²) in [7, 11) is 0. The van der Waals surface area contributed by atoms with Gasteiger partial charge >= 0.3 is 5.97 Å². The number of esters is 1. The maximum absolute atomic E-state index is 12.1. The first-order valence-corrected chi connectivity index (χ1v) is 7.65. The normalized spacial score (nSPS) is 10.7. The number of ether oxygens (including phenoxy) is 1. The quantitative estimate of drug-likeness (QED) is 0.605. The first-order valence-electron chi connectivity index (χ1n) is 7.65. The molecule has 9 heteroatoms. The van der Waals surface area contributed by atoms with Crippen LogP contribution in [0.1, 0.15) is 35.9 Å². The van der Waals surface area contributed by atoms with Crippen LogP contribution >= 0.6 is 0 Å². The molecule has 2 aromatic heterocycles. The van der Waals surface area contributed by atoms with Crippen LogP contribution in [0.4, 0.5) is 0 Å². The van der Waals surface area contributed by atoms with Crippen molar-refractivity contribution in [1.29, 1.82) is 0 Å². The number of tetrazole rings is 1. The molecule has 0 radical (unpaired) electrons. The van der Waals surface area contributed by atoms with E-state index in [-0.39, 0.29) is 6.61 Å². The van der Waals surface area contributed by atoms with E-state index in [2.05, 4.69) is 32.5 Å². The van der Waals surface area contributed by atoms with Gasteiger partial charge in [0, 0.05) is 6.54 Å². The predicted octanol–water partition coefficient (Wildman–Crippen LogP) is 1.41. The van der Waals surface area contributed by atoms with E-state index in [1.54, 1.807) is 40.0 Å². The van der Waals surface area contributed by atoms with Crippen LogP contribution in [0.15, 0.2) is 36.9 Å². The number of unbranched alkanes of at least 4 members (excludes halogenated alkanes) is 1. The summed E-state index contributed by atoms with van der Waals surface area (Å²) in [5, 5.41) is 15.4. The van der Waals surface area contributed by atoms with Gasteiger partial charge in [0.15, 0.2) is 12.4 Å². The molecule has 124 valence electrons. The summed E-state index contributed by atoms with van der Waals surface area (Å²) in [5.41, 5.74) is 1.26. The van der Waals surface area contributed by atoms with Crippen molar-refractivity contribution < 1.29 is 9.53 Å². The highest BCUT2D eigenvalue weighted by atomic mass is 16.5. The number of hydrogen-bond donors (Lipinski definition) is 0. The zero-order chi connectivity index (χ0) is 16.8. The lowest BCUT2D eigenvalue weighted by Gasteiger charge is -2.06. The SMILES string of the molecule is CCCCn1nnnc1COC(=O)c1ccc(-n2cncn2)cc1. The third kappa shape index (κ3) is 3.62. The highest BCUT2D eigenvalue weighted by Crippen LogP contribution is 2.10. The lowest BCUT2D eigenvalue weighted by Crippen LogP contribution is -2.11. The molecule has 0 atom stereocenters. The van der Waals surface area contributed by atoms with Gasteiger partial charge in [0.1, 0.15) is 12.7 Å². The molecule has 2 heterocycles. The van der Waals surface area contributed by atoms with Gasteiger partial charge in [-0.05, 0) is 41.1 Å². The van der Waals surface area contributed by atoms with Gasteiger partial charge in [0.05, 0.1) is 11.3 Å². The maximum atomic E-state index is 12.1. The smallest absolute Gasteiger partial charge is 0.338 e. The first kappa shape index (κ1) is 15.8. The standard InChI is InChI=1S/C15H17N7O2/c1-2-3-8-21-14(18-19-20-21)9-24-15(23)12-4-6-13(7-5-12)22-11-16-10-17-22/h4-7,10-11H,2-3,8-9H2,1H3. The third-order valence-electron chi connectivity index (χ3n) is 3.45. The second-order valence-corrected chi connectivity index (χ2v) is 5.13. The van der Waals surface area contributed by atoms with Gasteiger partial charge in [-0.1, -0.05) is 13.3 Å². The summed E-state index contributed by atoms with van der Waals surface area (Å²) in [5.74, 6) is 0.112. The maximum Gasteiger partial charge on any atom is 0.338 e. The minimum Gasteiger partial charge on any atom is -0.454 e. The molecule has 9 nitrogen and oxygen atoms in total. The fourth-order valence-corrected chi connectivity index (χ4v) is 2.11. The lowest BCUT2D eigenvalue weighted by atomic mass is 10.2. The molecule has 0 bridgehead atoms. The Kier molecular flexibility index (Phi) is 4.90. The van der Waals surface area contributed by atoms with Gasteiger partial charge in [0.2, 0.25) is 0 Å². The molecule has 0 aliphatic carbocycles. The summed E-state index contributed by atoms with van der Waals surface area (Å²) in [4.78, 5) is 16.0.